The standard InChI is InChI=1S/C17H19N5O4/c1-11(20-15(23)10-21-16(24)8-18-17(21)25)12-7-19-22(9-12)13-3-5-14(26-2)6-4-13/h3-7,9,11H,8,10H2,1-2H3,(H,18,25)(H,20,23)/t11-/m0/s1. The Bertz CT molecular complexity index is 814. The average Bonchev–Trinajstić information content (AvgIpc) is 3.24. The van der Waals surface area contributed by atoms with Crippen molar-refractivity contribution in [3.05, 3.63) is 42.2 Å². The molecule has 0 radical (unpaired) electrons. The van der Waals surface area contributed by atoms with Crippen LogP contribution in [0.25, 0.3) is 5.69 Å². The molecule has 1 fully saturated rings. The number of benzene rings is 1. The number of methoxy groups -OCH3 is 1. The summed E-state index contributed by atoms with van der Waals surface area (Å²) in [5.74, 6) is -0.0764. The summed E-state index contributed by atoms with van der Waals surface area (Å²) in [5.41, 5.74) is 1.65. The molecule has 4 amide bonds. The smallest absolute Gasteiger partial charge is 0.325 e. The number of carbonyl (C=O) groups excluding carboxylic acids is 3. The normalized spacial score (nSPS) is 14.9. The minimum absolute atomic E-state index is 0.0731. The van der Waals surface area contributed by atoms with E-state index in [1.54, 1.807) is 31.1 Å². The van der Waals surface area contributed by atoms with Gasteiger partial charge in [0.15, 0.2) is 0 Å². The van der Waals surface area contributed by atoms with Crippen LogP contribution in [0.15, 0.2) is 36.7 Å². The van der Waals surface area contributed by atoms with Gasteiger partial charge in [-0.05, 0) is 31.2 Å². The fourth-order valence-electron chi connectivity index (χ4n) is 2.57. The second-order valence-electron chi connectivity index (χ2n) is 5.84. The lowest BCUT2D eigenvalue weighted by Crippen LogP contribution is -2.41. The van der Waals surface area contributed by atoms with E-state index < -0.39 is 17.8 Å². The molecular weight excluding hydrogens is 338 g/mol. The van der Waals surface area contributed by atoms with Crippen molar-refractivity contribution in [2.45, 2.75) is 13.0 Å². The molecule has 2 N–H and O–H groups in total. The van der Waals surface area contributed by atoms with Crippen molar-refractivity contribution in [1.82, 2.24) is 25.3 Å². The summed E-state index contributed by atoms with van der Waals surface area (Å²) < 4.78 is 6.82. The zero-order chi connectivity index (χ0) is 18.7. The first kappa shape index (κ1) is 17.5. The van der Waals surface area contributed by atoms with Gasteiger partial charge in [-0.3, -0.25) is 14.5 Å². The molecule has 0 bridgehead atoms. The molecule has 0 aliphatic carbocycles. The third-order valence-electron chi connectivity index (χ3n) is 4.06. The Morgan fingerprint density at radius 1 is 1.35 bits per heavy atom. The Kier molecular flexibility index (Phi) is 4.87. The van der Waals surface area contributed by atoms with E-state index in [9.17, 15) is 14.4 Å². The maximum Gasteiger partial charge on any atom is 0.325 e. The van der Waals surface area contributed by atoms with E-state index in [-0.39, 0.29) is 19.1 Å². The molecule has 9 heteroatoms. The van der Waals surface area contributed by atoms with Gasteiger partial charge in [-0.15, -0.1) is 0 Å². The molecule has 26 heavy (non-hydrogen) atoms. The van der Waals surface area contributed by atoms with E-state index in [4.69, 9.17) is 4.74 Å². The molecule has 2 aromatic rings. The number of amides is 4. The first-order valence-electron chi connectivity index (χ1n) is 8.04. The summed E-state index contributed by atoms with van der Waals surface area (Å²) in [4.78, 5) is 36.0. The average molecular weight is 357 g/mol. The van der Waals surface area contributed by atoms with Crippen LogP contribution >= 0.6 is 0 Å². The fraction of sp³-hybridized carbons (Fsp3) is 0.294. The molecule has 0 saturated carbocycles. The third-order valence-corrected chi connectivity index (χ3v) is 4.06. The number of hydrogen-bond acceptors (Lipinski definition) is 5. The highest BCUT2D eigenvalue weighted by Gasteiger charge is 2.30. The van der Waals surface area contributed by atoms with Gasteiger partial charge in [-0.25, -0.2) is 9.48 Å². The lowest BCUT2D eigenvalue weighted by atomic mass is 10.2. The number of carbonyl (C=O) groups is 3. The van der Waals surface area contributed by atoms with Crippen LogP contribution in [0.1, 0.15) is 18.5 Å². The molecule has 2 heterocycles. The summed E-state index contributed by atoms with van der Waals surface area (Å²) >= 11 is 0. The Labute approximate surface area is 149 Å². The van der Waals surface area contributed by atoms with Crippen molar-refractivity contribution in [1.29, 1.82) is 0 Å². The Balaban J connectivity index is 1.62. The molecule has 1 aliphatic rings. The van der Waals surface area contributed by atoms with Gasteiger partial charge in [0.25, 0.3) is 5.91 Å². The lowest BCUT2D eigenvalue weighted by molar-refractivity contribution is -0.130. The van der Waals surface area contributed by atoms with Crippen molar-refractivity contribution >= 4 is 17.8 Å². The predicted octanol–water partition coefficient (Wildman–Crippen LogP) is 0.610. The maximum atomic E-state index is 12.1. The number of nitrogens with zero attached hydrogens (tertiary/aromatic N) is 3. The minimum atomic E-state index is -0.551. The Hall–Kier alpha value is -3.36. The molecule has 1 saturated heterocycles. The SMILES string of the molecule is COc1ccc(-n2cc([C@H](C)NC(=O)CN3C(=O)CNC3=O)cn2)cc1. The molecule has 1 aromatic carbocycles. The van der Waals surface area contributed by atoms with Crippen molar-refractivity contribution in [3.63, 3.8) is 0 Å². The van der Waals surface area contributed by atoms with Gasteiger partial charge in [0.1, 0.15) is 12.3 Å². The second kappa shape index (κ2) is 7.26. The summed E-state index contributed by atoms with van der Waals surface area (Å²) in [7, 11) is 1.60. The van der Waals surface area contributed by atoms with E-state index >= 15 is 0 Å². The van der Waals surface area contributed by atoms with E-state index in [1.807, 2.05) is 24.3 Å². The van der Waals surface area contributed by atoms with Crippen LogP contribution in [0.3, 0.4) is 0 Å². The second-order valence-corrected chi connectivity index (χ2v) is 5.84. The molecule has 0 spiro atoms. The van der Waals surface area contributed by atoms with E-state index in [0.717, 1.165) is 21.9 Å². The molecule has 3 rings (SSSR count). The number of urea groups is 1. The lowest BCUT2D eigenvalue weighted by Gasteiger charge is -2.15. The van der Waals surface area contributed by atoms with Gasteiger partial charge < -0.3 is 15.4 Å². The highest BCUT2D eigenvalue weighted by molar-refractivity contribution is 6.04. The van der Waals surface area contributed by atoms with Crippen molar-refractivity contribution < 1.29 is 19.1 Å². The fourth-order valence-corrected chi connectivity index (χ4v) is 2.57. The van der Waals surface area contributed by atoms with E-state index in [0.29, 0.717) is 0 Å². The summed E-state index contributed by atoms with van der Waals surface area (Å²) in [6.45, 7) is 1.43. The van der Waals surface area contributed by atoms with E-state index in [1.165, 1.54) is 0 Å². The molecule has 0 unspecified atom stereocenters. The molecule has 9 nitrogen and oxygen atoms in total. The Morgan fingerprint density at radius 3 is 2.69 bits per heavy atom. The summed E-state index contributed by atoms with van der Waals surface area (Å²) in [6.07, 6.45) is 3.46. The topological polar surface area (TPSA) is 106 Å². The highest BCUT2D eigenvalue weighted by atomic mass is 16.5. The van der Waals surface area contributed by atoms with Gasteiger partial charge in [0.2, 0.25) is 5.91 Å². The maximum absolute atomic E-state index is 12.1. The van der Waals surface area contributed by atoms with Gasteiger partial charge in [-0.2, -0.15) is 5.10 Å². The number of aromatic nitrogens is 2. The van der Waals surface area contributed by atoms with E-state index in [2.05, 4.69) is 15.7 Å². The van der Waals surface area contributed by atoms with Crippen LogP contribution < -0.4 is 15.4 Å². The van der Waals surface area contributed by atoms with Gasteiger partial charge in [-0.1, -0.05) is 0 Å². The predicted molar refractivity (Wildman–Crippen MR) is 91.8 cm³/mol. The van der Waals surface area contributed by atoms with Gasteiger partial charge in [0.05, 0.1) is 31.6 Å². The Morgan fingerprint density at radius 2 is 2.08 bits per heavy atom. The van der Waals surface area contributed by atoms with Crippen molar-refractivity contribution in [2.24, 2.45) is 0 Å². The van der Waals surface area contributed by atoms with Crippen molar-refractivity contribution in [3.8, 4) is 11.4 Å². The van der Waals surface area contributed by atoms with Crippen LogP contribution in [0, 0.1) is 0 Å². The molecule has 136 valence electrons. The molecule has 1 aliphatic heterocycles. The quantitative estimate of drug-likeness (QED) is 0.737. The van der Waals surface area contributed by atoms with Crippen molar-refractivity contribution in [2.75, 3.05) is 20.2 Å². The van der Waals surface area contributed by atoms with Gasteiger partial charge >= 0.3 is 6.03 Å². The van der Waals surface area contributed by atoms with Crippen LogP contribution in [0.2, 0.25) is 0 Å². The third kappa shape index (κ3) is 3.66. The number of rotatable bonds is 6. The summed E-state index contributed by atoms with van der Waals surface area (Å²) in [6, 6.07) is 6.53. The zero-order valence-corrected chi connectivity index (χ0v) is 14.4. The number of hydrogen-bond donors (Lipinski definition) is 2. The first-order chi connectivity index (χ1) is 12.5. The van der Waals surface area contributed by atoms with Crippen LogP contribution in [-0.2, 0) is 9.59 Å². The number of imide groups is 1. The molecule has 1 atom stereocenters. The molecular formula is C17H19N5O4. The minimum Gasteiger partial charge on any atom is -0.497 e. The van der Waals surface area contributed by atoms with Crippen LogP contribution in [0.4, 0.5) is 4.79 Å². The summed E-state index contributed by atoms with van der Waals surface area (Å²) in [5, 5.41) is 9.43. The van der Waals surface area contributed by atoms with Crippen LogP contribution in [0.5, 0.6) is 5.75 Å². The monoisotopic (exact) mass is 357 g/mol. The molecule has 1 aromatic heterocycles. The highest BCUT2D eigenvalue weighted by Crippen LogP contribution is 2.17. The largest absolute Gasteiger partial charge is 0.497 e. The first-order valence-corrected chi connectivity index (χ1v) is 8.04. The number of ether oxygens (including phenoxy) is 1. The van der Waals surface area contributed by atoms with Crippen LogP contribution in [-0.4, -0.2) is 52.7 Å². The number of nitrogens with one attached hydrogen (secondary N) is 2. The van der Waals surface area contributed by atoms with Gasteiger partial charge in [0, 0.05) is 11.8 Å². The zero-order valence-electron chi connectivity index (χ0n) is 14.4.